The van der Waals surface area contributed by atoms with Crippen LogP contribution in [0.5, 0.6) is 0 Å². The molecule has 4 aromatic rings. The van der Waals surface area contributed by atoms with Gasteiger partial charge in [0.2, 0.25) is 0 Å². The Balaban J connectivity index is 1.62. The van der Waals surface area contributed by atoms with Crippen LogP contribution in [0.1, 0.15) is 22.5 Å². The summed E-state index contributed by atoms with van der Waals surface area (Å²) < 4.78 is 0. The van der Waals surface area contributed by atoms with E-state index in [1.165, 1.54) is 0 Å². The lowest BCUT2D eigenvalue weighted by molar-refractivity contribution is -0.110. The highest BCUT2D eigenvalue weighted by atomic mass is 16.2. The number of nitrogens with one attached hydrogen (secondary N) is 2. The number of nitrogens with zero attached hydrogens (tertiary/aromatic N) is 2. The van der Waals surface area contributed by atoms with Crippen molar-refractivity contribution in [2.45, 2.75) is 13.8 Å². The number of hydrogen-bond donors (Lipinski definition) is 2. The molecule has 0 aliphatic carbocycles. The van der Waals surface area contributed by atoms with Crippen molar-refractivity contribution in [3.63, 3.8) is 0 Å². The van der Waals surface area contributed by atoms with Crippen LogP contribution < -0.4 is 5.32 Å². The van der Waals surface area contributed by atoms with Gasteiger partial charge in [-0.1, -0.05) is 18.2 Å². The quantitative estimate of drug-likeness (QED) is 0.504. The molecule has 2 aromatic heterocycles. The Hall–Kier alpha value is -3.73. The summed E-state index contributed by atoms with van der Waals surface area (Å²) in [7, 11) is 0. The minimum absolute atomic E-state index is 0.0941. The highest BCUT2D eigenvalue weighted by Crippen LogP contribution is 2.36. The van der Waals surface area contributed by atoms with Gasteiger partial charge in [0.25, 0.3) is 5.91 Å². The summed E-state index contributed by atoms with van der Waals surface area (Å²) in [6.07, 6.45) is 3.69. The van der Waals surface area contributed by atoms with E-state index in [1.807, 2.05) is 62.4 Å². The zero-order valence-electron chi connectivity index (χ0n) is 15.6. The molecule has 0 saturated heterocycles. The topological polar surface area (TPSA) is 70.7 Å². The number of aromatic nitrogens is 3. The standard InChI is InChI=1S/C23H18N4O/c1-13-9-14(2)25-21(13)11-17-16-10-15(7-8-18(16)27-23(17)28)22-12-24-19-5-3-4-6-20(19)26-22/h3-12,25H,1-2H3,(H,27,28)/b17-11-. The molecule has 0 bridgehead atoms. The van der Waals surface area contributed by atoms with Crippen molar-refractivity contribution in [2.24, 2.45) is 0 Å². The second-order valence-electron chi connectivity index (χ2n) is 7.07. The van der Waals surface area contributed by atoms with Gasteiger partial charge in [-0.2, -0.15) is 0 Å². The third-order valence-electron chi connectivity index (χ3n) is 5.03. The van der Waals surface area contributed by atoms with Gasteiger partial charge in [0, 0.05) is 28.2 Å². The van der Waals surface area contributed by atoms with Gasteiger partial charge >= 0.3 is 0 Å². The van der Waals surface area contributed by atoms with E-state index in [2.05, 4.69) is 21.4 Å². The molecule has 2 aromatic carbocycles. The van der Waals surface area contributed by atoms with Crippen molar-refractivity contribution in [3.8, 4) is 11.3 Å². The average Bonchev–Trinajstić information content (AvgIpc) is 3.19. The van der Waals surface area contributed by atoms with Gasteiger partial charge in [0.05, 0.1) is 28.5 Å². The molecule has 0 atom stereocenters. The maximum absolute atomic E-state index is 12.6. The predicted molar refractivity (Wildman–Crippen MR) is 112 cm³/mol. The van der Waals surface area contributed by atoms with E-state index in [0.717, 1.165) is 50.5 Å². The van der Waals surface area contributed by atoms with Crippen molar-refractivity contribution in [1.82, 2.24) is 15.0 Å². The molecule has 5 rings (SSSR count). The first-order valence-corrected chi connectivity index (χ1v) is 9.14. The van der Waals surface area contributed by atoms with Crippen LogP contribution in [0.2, 0.25) is 0 Å². The van der Waals surface area contributed by atoms with E-state index >= 15 is 0 Å². The van der Waals surface area contributed by atoms with Crippen LogP contribution >= 0.6 is 0 Å². The van der Waals surface area contributed by atoms with Crippen LogP contribution in [0.15, 0.2) is 54.7 Å². The monoisotopic (exact) mass is 366 g/mol. The largest absolute Gasteiger partial charge is 0.359 e. The third-order valence-corrected chi connectivity index (χ3v) is 5.03. The molecule has 2 N–H and O–H groups in total. The smallest absolute Gasteiger partial charge is 0.256 e. The van der Waals surface area contributed by atoms with Gasteiger partial charge in [-0.05, 0) is 55.8 Å². The first kappa shape index (κ1) is 16.4. The summed E-state index contributed by atoms with van der Waals surface area (Å²) in [5, 5.41) is 2.95. The van der Waals surface area contributed by atoms with E-state index in [1.54, 1.807) is 6.20 Å². The number of anilines is 1. The lowest BCUT2D eigenvalue weighted by Gasteiger charge is -2.05. The maximum atomic E-state index is 12.6. The number of hydrogen-bond acceptors (Lipinski definition) is 3. The Morgan fingerprint density at radius 2 is 1.82 bits per heavy atom. The molecular formula is C23H18N4O. The lowest BCUT2D eigenvalue weighted by atomic mass is 10.0. The molecule has 1 aliphatic heterocycles. The van der Waals surface area contributed by atoms with Crippen LogP contribution in [0, 0.1) is 13.8 Å². The first-order chi connectivity index (χ1) is 13.6. The lowest BCUT2D eigenvalue weighted by Crippen LogP contribution is -2.03. The molecule has 28 heavy (non-hydrogen) atoms. The zero-order chi connectivity index (χ0) is 19.3. The number of benzene rings is 2. The number of H-pyrrole nitrogens is 1. The fraction of sp³-hybridized carbons (Fsp3) is 0.0870. The van der Waals surface area contributed by atoms with Crippen LogP contribution in [-0.4, -0.2) is 20.9 Å². The van der Waals surface area contributed by atoms with Crippen molar-refractivity contribution in [1.29, 1.82) is 0 Å². The molecule has 3 heterocycles. The number of rotatable bonds is 2. The number of para-hydroxylation sites is 2. The van der Waals surface area contributed by atoms with Gasteiger partial charge in [-0.15, -0.1) is 0 Å². The molecule has 5 nitrogen and oxygen atoms in total. The van der Waals surface area contributed by atoms with Crippen molar-refractivity contribution in [3.05, 3.63) is 77.2 Å². The maximum Gasteiger partial charge on any atom is 0.256 e. The zero-order valence-corrected chi connectivity index (χ0v) is 15.6. The van der Waals surface area contributed by atoms with Gasteiger partial charge in [0.1, 0.15) is 0 Å². The number of amides is 1. The summed E-state index contributed by atoms with van der Waals surface area (Å²) >= 11 is 0. The summed E-state index contributed by atoms with van der Waals surface area (Å²) in [6.45, 7) is 4.04. The SMILES string of the molecule is Cc1cc(C)c(/C=C2\C(=O)Nc3ccc(-c4cnc5ccccc5n4)cc32)[nH]1. The molecule has 0 unspecified atom stereocenters. The first-order valence-electron chi connectivity index (χ1n) is 9.14. The molecule has 136 valence electrons. The Labute approximate surface area is 162 Å². The Bertz CT molecular complexity index is 1280. The fourth-order valence-electron chi connectivity index (χ4n) is 3.63. The third kappa shape index (κ3) is 2.68. The molecule has 0 spiro atoms. The van der Waals surface area contributed by atoms with Crippen LogP contribution in [0.4, 0.5) is 5.69 Å². The second-order valence-corrected chi connectivity index (χ2v) is 7.07. The fourth-order valence-corrected chi connectivity index (χ4v) is 3.63. The summed E-state index contributed by atoms with van der Waals surface area (Å²) in [5.41, 5.74) is 8.91. The molecular weight excluding hydrogens is 348 g/mol. The molecule has 1 aliphatic rings. The highest BCUT2D eigenvalue weighted by Gasteiger charge is 2.25. The number of carbonyl (C=O) groups is 1. The van der Waals surface area contributed by atoms with Gasteiger partial charge in [-0.3, -0.25) is 9.78 Å². The van der Waals surface area contributed by atoms with Crippen LogP contribution in [-0.2, 0) is 4.79 Å². The average molecular weight is 366 g/mol. The number of carbonyl (C=O) groups excluding carboxylic acids is 1. The number of fused-ring (bicyclic) bond motifs is 2. The number of aromatic amines is 1. The van der Waals surface area contributed by atoms with Gasteiger partial charge < -0.3 is 10.3 Å². The summed E-state index contributed by atoms with van der Waals surface area (Å²) in [5.74, 6) is -0.0941. The van der Waals surface area contributed by atoms with E-state index in [0.29, 0.717) is 5.57 Å². The van der Waals surface area contributed by atoms with E-state index in [9.17, 15) is 4.79 Å². The Morgan fingerprint density at radius 3 is 2.61 bits per heavy atom. The molecule has 0 saturated carbocycles. The normalized spacial score (nSPS) is 14.5. The molecule has 1 amide bonds. The minimum atomic E-state index is -0.0941. The minimum Gasteiger partial charge on any atom is -0.359 e. The number of aryl methyl sites for hydroxylation is 2. The van der Waals surface area contributed by atoms with E-state index in [-0.39, 0.29) is 5.91 Å². The molecule has 0 radical (unpaired) electrons. The molecule has 5 heteroatoms. The van der Waals surface area contributed by atoms with Gasteiger partial charge in [0.15, 0.2) is 0 Å². The highest BCUT2D eigenvalue weighted by molar-refractivity contribution is 6.35. The van der Waals surface area contributed by atoms with E-state index < -0.39 is 0 Å². The van der Waals surface area contributed by atoms with E-state index in [4.69, 9.17) is 4.98 Å². The summed E-state index contributed by atoms with van der Waals surface area (Å²) in [4.78, 5) is 25.1. The van der Waals surface area contributed by atoms with Crippen molar-refractivity contribution >= 4 is 34.3 Å². The Morgan fingerprint density at radius 1 is 1.00 bits per heavy atom. The predicted octanol–water partition coefficient (Wildman–Crippen LogP) is 4.73. The van der Waals surface area contributed by atoms with Crippen LogP contribution in [0.25, 0.3) is 33.9 Å². The van der Waals surface area contributed by atoms with Crippen LogP contribution in [0.3, 0.4) is 0 Å². The second kappa shape index (κ2) is 6.16. The van der Waals surface area contributed by atoms with Crippen molar-refractivity contribution in [2.75, 3.05) is 5.32 Å². The Kier molecular flexibility index (Phi) is 3.62. The van der Waals surface area contributed by atoms with Crippen molar-refractivity contribution < 1.29 is 4.79 Å². The summed E-state index contributed by atoms with van der Waals surface area (Å²) in [6, 6.07) is 15.8. The van der Waals surface area contributed by atoms with Gasteiger partial charge in [-0.25, -0.2) is 4.98 Å². The molecule has 0 fully saturated rings.